The van der Waals surface area contributed by atoms with E-state index in [0.717, 1.165) is 36.9 Å². The van der Waals surface area contributed by atoms with Crippen molar-refractivity contribution < 1.29 is 42.6 Å². The first-order valence-corrected chi connectivity index (χ1v) is 8.77. The zero-order valence-electron chi connectivity index (χ0n) is 15.3. The molecule has 4 nitrogen and oxygen atoms in total. The van der Waals surface area contributed by atoms with Crippen molar-refractivity contribution in [2.45, 2.75) is 38.7 Å². The number of pyridine rings is 1. The molecule has 0 spiro atoms. The Morgan fingerprint density at radius 1 is 1.27 bits per heavy atom. The van der Waals surface area contributed by atoms with Crippen LogP contribution in [-0.2, 0) is 43.9 Å². The van der Waals surface area contributed by atoms with Gasteiger partial charge in [0.1, 0.15) is 0 Å². The molecule has 1 fully saturated rings. The Balaban J connectivity index is 0.00000109. The summed E-state index contributed by atoms with van der Waals surface area (Å²) in [6.45, 7) is 5.00. The Hall–Kier alpha value is -1.10. The number of rotatable bonds is 6. The normalized spacial score (nSPS) is 19.5. The summed E-state index contributed by atoms with van der Waals surface area (Å²) in [6.07, 6.45) is 9.01. The number of benzene rings is 1. The maximum atomic E-state index is 10.5. The topological polar surface area (TPSA) is 62.2 Å². The van der Waals surface area contributed by atoms with Crippen LogP contribution in [0.2, 0.25) is 0 Å². The van der Waals surface area contributed by atoms with Crippen LogP contribution in [0.3, 0.4) is 0 Å². The summed E-state index contributed by atoms with van der Waals surface area (Å²) in [4.78, 5) is 14.4. The van der Waals surface area contributed by atoms with Crippen molar-refractivity contribution in [2.24, 2.45) is 11.8 Å². The van der Waals surface area contributed by atoms with Crippen molar-refractivity contribution in [3.05, 3.63) is 66.8 Å². The van der Waals surface area contributed by atoms with E-state index in [1.165, 1.54) is 5.56 Å². The Labute approximate surface area is 181 Å². The summed E-state index contributed by atoms with van der Waals surface area (Å²) < 4.78 is 0. The Kier molecular flexibility index (Phi) is 10.9. The average molecular weight is 427 g/mol. The smallest absolute Gasteiger partial charge is 0.0833 e. The van der Waals surface area contributed by atoms with Gasteiger partial charge in [-0.05, 0) is 49.1 Å². The molecule has 1 aliphatic carbocycles. The number of aliphatic hydroxyl groups is 1. The van der Waals surface area contributed by atoms with E-state index in [0.29, 0.717) is 11.8 Å². The van der Waals surface area contributed by atoms with E-state index >= 15 is 0 Å². The fourth-order valence-electron chi connectivity index (χ4n) is 3.53. The minimum absolute atomic E-state index is 0. The molecule has 1 aliphatic rings. The zero-order valence-corrected chi connectivity index (χ0v) is 18.1. The van der Waals surface area contributed by atoms with Gasteiger partial charge in [0.25, 0.3) is 0 Å². The van der Waals surface area contributed by atoms with Crippen molar-refractivity contribution in [3.63, 3.8) is 0 Å². The van der Waals surface area contributed by atoms with Gasteiger partial charge in [0.2, 0.25) is 0 Å². The average Bonchev–Trinajstić information content (AvgIpc) is 3.14. The molecule has 1 aromatic heterocycles. The van der Waals surface area contributed by atoms with Gasteiger partial charge < -0.3 is 22.1 Å². The van der Waals surface area contributed by atoms with Crippen LogP contribution in [0.15, 0.2) is 48.8 Å². The summed E-state index contributed by atoms with van der Waals surface area (Å²) in [5.41, 5.74) is 2.95. The van der Waals surface area contributed by atoms with Gasteiger partial charge in [0.15, 0.2) is 0 Å². The number of carbonyl (C=O) groups excluding carboxylic acids is 1. The predicted molar refractivity (Wildman–Crippen MR) is 101 cm³/mol. The molecule has 3 unspecified atom stereocenters. The van der Waals surface area contributed by atoms with Crippen LogP contribution in [0.1, 0.15) is 43.4 Å². The Morgan fingerprint density at radius 3 is 2.62 bits per heavy atom. The van der Waals surface area contributed by atoms with Crippen LogP contribution in [0.25, 0.3) is 0 Å². The van der Waals surface area contributed by atoms with Crippen LogP contribution in [-0.4, -0.2) is 16.5 Å². The van der Waals surface area contributed by atoms with Crippen molar-refractivity contribution >= 4 is 12.1 Å². The van der Waals surface area contributed by atoms with Crippen LogP contribution >= 0.6 is 0 Å². The third-order valence-electron chi connectivity index (χ3n) is 4.73. The summed E-state index contributed by atoms with van der Waals surface area (Å²) in [5.74, 6) is 0.914. The molecule has 26 heavy (non-hydrogen) atoms. The first-order chi connectivity index (χ1) is 12.3. The predicted octanol–water partition coefficient (Wildman–Crippen LogP) is 4.09. The molecular weight excluding hydrogens is 401 g/mol. The summed E-state index contributed by atoms with van der Waals surface area (Å²) >= 11 is 0. The van der Waals surface area contributed by atoms with Crippen molar-refractivity contribution in [3.8, 4) is 0 Å². The second-order valence-corrected chi connectivity index (χ2v) is 6.30. The van der Waals surface area contributed by atoms with Gasteiger partial charge >= 0.3 is 0 Å². The largest absolute Gasteiger partial charge is 0.490 e. The van der Waals surface area contributed by atoms with Gasteiger partial charge in [0, 0.05) is 45.1 Å². The molecule has 0 aliphatic heterocycles. The third kappa shape index (κ3) is 6.57. The summed E-state index contributed by atoms with van der Waals surface area (Å²) in [7, 11) is 0. The van der Waals surface area contributed by atoms with E-state index in [4.69, 9.17) is 0 Å². The minimum Gasteiger partial charge on any atom is -0.490 e. The van der Waals surface area contributed by atoms with Crippen LogP contribution in [0.5, 0.6) is 0 Å². The number of hydrogen-bond acceptors (Lipinski definition) is 3. The molecule has 137 valence electrons. The number of hydrogen-bond donors (Lipinski definition) is 2. The van der Waals surface area contributed by atoms with Crippen molar-refractivity contribution in [1.82, 2.24) is 4.98 Å². The molecule has 1 heterocycles. The van der Waals surface area contributed by atoms with Crippen LogP contribution in [0, 0.1) is 18.8 Å². The maximum absolute atomic E-state index is 10.5. The molecule has 3 rings (SSSR count). The second-order valence-electron chi connectivity index (χ2n) is 6.30. The van der Waals surface area contributed by atoms with E-state index < -0.39 is 6.10 Å². The van der Waals surface area contributed by atoms with E-state index in [2.05, 4.69) is 17.2 Å². The second kappa shape index (κ2) is 12.3. The molecule has 1 amide bonds. The quantitative estimate of drug-likeness (QED) is 0.539. The maximum Gasteiger partial charge on any atom is 0.0833 e. The van der Waals surface area contributed by atoms with Gasteiger partial charge in [-0.3, -0.25) is 4.98 Å². The fourth-order valence-corrected chi connectivity index (χ4v) is 3.53. The molecule has 2 aromatic rings. The number of aliphatic hydroxyl groups excluding tert-OH is 1. The van der Waals surface area contributed by atoms with Crippen molar-refractivity contribution in [1.29, 1.82) is 0 Å². The van der Waals surface area contributed by atoms with E-state index in [9.17, 15) is 9.90 Å². The van der Waals surface area contributed by atoms with Gasteiger partial charge in [-0.2, -0.15) is 6.92 Å². The molecular formula is C21H26N2O2Y-2. The van der Waals surface area contributed by atoms with Gasteiger partial charge in [-0.25, -0.2) is 0 Å². The first kappa shape index (κ1) is 22.9. The minimum atomic E-state index is -0.414. The van der Waals surface area contributed by atoms with Gasteiger partial charge in [-0.1, -0.05) is 23.8 Å². The van der Waals surface area contributed by atoms with Crippen molar-refractivity contribution in [2.75, 3.05) is 5.32 Å². The molecule has 3 atom stereocenters. The molecule has 0 bridgehead atoms. The van der Waals surface area contributed by atoms with Crippen LogP contribution in [0.4, 0.5) is 5.69 Å². The molecule has 2 N–H and O–H groups in total. The zero-order chi connectivity index (χ0) is 18.1. The number of nitrogens with zero attached hydrogens (tertiary/aromatic N) is 1. The Morgan fingerprint density at radius 2 is 2.00 bits per heavy atom. The molecule has 1 saturated carbocycles. The summed E-state index contributed by atoms with van der Waals surface area (Å²) in [5, 5.41) is 13.0. The van der Waals surface area contributed by atoms with E-state index in [1.807, 2.05) is 36.4 Å². The van der Waals surface area contributed by atoms with Crippen LogP contribution < -0.4 is 5.32 Å². The molecule has 0 saturated heterocycles. The molecule has 1 radical (unpaired) electrons. The van der Waals surface area contributed by atoms with E-state index in [1.54, 1.807) is 25.7 Å². The SMILES string of the molecule is O=[C-]Nc1ccc(CC2CCC(C(O)c3cccnc3)C2)cc1.[CH2-]C.[Y]. The fraction of sp³-hybridized carbons (Fsp3) is 0.381. The summed E-state index contributed by atoms with van der Waals surface area (Å²) in [6, 6.07) is 11.7. The van der Waals surface area contributed by atoms with E-state index in [-0.39, 0.29) is 32.7 Å². The number of anilines is 1. The number of amides is 1. The molecule has 5 heteroatoms. The standard InChI is InChI=1S/C19H21N2O2.C2H5.Y/c22-13-21-18-7-4-14(5-8-18)10-15-3-6-16(11-15)19(23)17-2-1-9-20-12-17;1-2;/h1-2,4-5,7-9,12,15-16,19,23H,3,6,10-11H2,(H,21,22);1H2,2H3;/q2*-1;. The van der Waals surface area contributed by atoms with Gasteiger partial charge in [0.05, 0.1) is 12.5 Å². The number of nitrogens with one attached hydrogen (secondary N) is 1. The molecule has 1 aromatic carbocycles. The monoisotopic (exact) mass is 427 g/mol. The van der Waals surface area contributed by atoms with Gasteiger partial charge in [-0.15, -0.1) is 17.8 Å². The number of aromatic nitrogens is 1. The Bertz CT molecular complexity index is 634. The third-order valence-corrected chi connectivity index (χ3v) is 4.73. The first-order valence-electron chi connectivity index (χ1n) is 8.77.